The number of anilines is 2. The van der Waals surface area contributed by atoms with E-state index >= 15 is 0 Å². The number of hydrogen-bond donors (Lipinski definition) is 1. The fourth-order valence-electron chi connectivity index (χ4n) is 3.55. The molecule has 31 heavy (non-hydrogen) atoms. The Labute approximate surface area is 179 Å². The van der Waals surface area contributed by atoms with E-state index in [1.807, 2.05) is 11.0 Å². The lowest BCUT2D eigenvalue weighted by atomic mass is 9.96. The van der Waals surface area contributed by atoms with E-state index in [9.17, 15) is 9.18 Å². The number of piperidine rings is 1. The Bertz CT molecular complexity index is 1050. The van der Waals surface area contributed by atoms with Crippen LogP contribution in [0.5, 0.6) is 11.5 Å². The van der Waals surface area contributed by atoms with E-state index in [1.165, 1.54) is 12.1 Å². The number of aromatic nitrogens is 2. The first kappa shape index (κ1) is 20.6. The lowest BCUT2D eigenvalue weighted by Crippen LogP contribution is -2.38. The van der Waals surface area contributed by atoms with Crippen molar-refractivity contribution in [3.8, 4) is 22.9 Å². The molecule has 1 N–H and O–H groups in total. The van der Waals surface area contributed by atoms with Gasteiger partial charge in [-0.3, -0.25) is 4.79 Å². The maximum atomic E-state index is 13.0. The highest BCUT2D eigenvalue weighted by Crippen LogP contribution is 2.32. The smallest absolute Gasteiger partial charge is 0.324 e. The van der Waals surface area contributed by atoms with E-state index in [1.54, 1.807) is 38.5 Å². The summed E-state index contributed by atoms with van der Waals surface area (Å²) in [4.78, 5) is 19.0. The van der Waals surface area contributed by atoms with Gasteiger partial charge in [-0.25, -0.2) is 4.39 Å². The molecule has 0 aliphatic carbocycles. The Hall–Kier alpha value is -3.62. The van der Waals surface area contributed by atoms with Crippen LogP contribution < -0.4 is 19.7 Å². The van der Waals surface area contributed by atoms with Gasteiger partial charge in [0.05, 0.1) is 14.2 Å². The van der Waals surface area contributed by atoms with Crippen LogP contribution in [0.2, 0.25) is 0 Å². The van der Waals surface area contributed by atoms with Gasteiger partial charge in [0.15, 0.2) is 11.5 Å². The number of carbonyl (C=O) groups excluding carboxylic acids is 1. The average molecular weight is 426 g/mol. The van der Waals surface area contributed by atoms with Crippen LogP contribution in [0.1, 0.15) is 12.8 Å². The molecule has 1 aliphatic rings. The summed E-state index contributed by atoms with van der Waals surface area (Å²) in [5, 5.41) is 6.92. The molecule has 1 amide bonds. The number of benzene rings is 2. The molecule has 1 saturated heterocycles. The molecule has 0 atom stereocenters. The Kier molecular flexibility index (Phi) is 6.01. The highest BCUT2D eigenvalue weighted by molar-refractivity contribution is 5.92. The van der Waals surface area contributed by atoms with Crippen molar-refractivity contribution in [1.82, 2.24) is 10.1 Å². The van der Waals surface area contributed by atoms with Gasteiger partial charge in [0.25, 0.3) is 0 Å². The number of carbonyl (C=O) groups is 1. The number of amides is 1. The summed E-state index contributed by atoms with van der Waals surface area (Å²) in [5.74, 6) is 1.12. The molecular weight excluding hydrogens is 403 g/mol. The molecular formula is C22H23FN4O4. The molecule has 9 heteroatoms. The lowest BCUT2D eigenvalue weighted by molar-refractivity contribution is -0.120. The van der Waals surface area contributed by atoms with E-state index < -0.39 is 0 Å². The quantitative estimate of drug-likeness (QED) is 0.642. The average Bonchev–Trinajstić information content (AvgIpc) is 3.30. The van der Waals surface area contributed by atoms with Crippen molar-refractivity contribution < 1.29 is 23.2 Å². The summed E-state index contributed by atoms with van der Waals surface area (Å²) in [6.07, 6.45) is 1.31. The van der Waals surface area contributed by atoms with Crippen LogP contribution >= 0.6 is 0 Å². The predicted octanol–water partition coefficient (Wildman–Crippen LogP) is 3.75. The van der Waals surface area contributed by atoms with Gasteiger partial charge in [-0.15, -0.1) is 0 Å². The van der Waals surface area contributed by atoms with Crippen molar-refractivity contribution >= 4 is 17.6 Å². The molecule has 8 nitrogen and oxygen atoms in total. The Morgan fingerprint density at radius 1 is 1.10 bits per heavy atom. The van der Waals surface area contributed by atoms with Crippen molar-refractivity contribution in [3.63, 3.8) is 0 Å². The molecule has 1 aromatic heterocycles. The fourth-order valence-corrected chi connectivity index (χ4v) is 3.55. The monoisotopic (exact) mass is 426 g/mol. The Morgan fingerprint density at radius 2 is 1.81 bits per heavy atom. The minimum Gasteiger partial charge on any atom is -0.493 e. The molecule has 3 aromatic rings. The normalized spacial score (nSPS) is 14.4. The summed E-state index contributed by atoms with van der Waals surface area (Å²) in [6.45, 7) is 1.24. The minimum absolute atomic E-state index is 0.0668. The van der Waals surface area contributed by atoms with Crippen LogP contribution in [0.4, 0.5) is 16.1 Å². The summed E-state index contributed by atoms with van der Waals surface area (Å²) in [5.41, 5.74) is 1.34. The molecule has 0 saturated carbocycles. The van der Waals surface area contributed by atoms with E-state index in [4.69, 9.17) is 14.0 Å². The SMILES string of the molecule is COc1ccc(-c2noc(N3CCC(C(=O)Nc4ccc(F)cc4)CC3)n2)cc1OC. The van der Waals surface area contributed by atoms with Gasteiger partial charge in [-0.1, -0.05) is 5.16 Å². The number of ether oxygens (including phenoxy) is 2. The summed E-state index contributed by atoms with van der Waals surface area (Å²) in [6, 6.07) is 11.6. The first-order valence-electron chi connectivity index (χ1n) is 9.95. The van der Waals surface area contributed by atoms with Gasteiger partial charge in [0.1, 0.15) is 5.82 Å². The third kappa shape index (κ3) is 4.60. The number of halogens is 1. The van der Waals surface area contributed by atoms with Crippen LogP contribution in [0, 0.1) is 11.7 Å². The maximum absolute atomic E-state index is 13.0. The van der Waals surface area contributed by atoms with Gasteiger partial charge < -0.3 is 24.2 Å². The van der Waals surface area contributed by atoms with Crippen LogP contribution in [0.3, 0.4) is 0 Å². The molecule has 0 spiro atoms. The van der Waals surface area contributed by atoms with Crippen molar-refractivity contribution in [2.75, 3.05) is 37.5 Å². The van der Waals surface area contributed by atoms with Crippen LogP contribution in [0.15, 0.2) is 47.0 Å². The second kappa shape index (κ2) is 9.03. The number of methoxy groups -OCH3 is 2. The molecule has 1 fully saturated rings. The summed E-state index contributed by atoms with van der Waals surface area (Å²) >= 11 is 0. The molecule has 2 heterocycles. The number of hydrogen-bond acceptors (Lipinski definition) is 7. The molecule has 2 aromatic carbocycles. The standard InChI is InChI=1S/C22H23FN4O4/c1-29-18-8-3-15(13-19(18)30-2)20-25-22(31-26-20)27-11-9-14(10-12-27)21(28)24-17-6-4-16(23)5-7-17/h3-8,13-14H,9-12H2,1-2H3,(H,24,28). The Morgan fingerprint density at radius 3 is 2.48 bits per heavy atom. The van der Waals surface area contributed by atoms with Crippen LogP contribution in [-0.4, -0.2) is 43.4 Å². The number of nitrogens with zero attached hydrogens (tertiary/aromatic N) is 3. The molecule has 1 aliphatic heterocycles. The molecule has 4 rings (SSSR count). The summed E-state index contributed by atoms with van der Waals surface area (Å²) in [7, 11) is 3.15. The second-order valence-electron chi connectivity index (χ2n) is 7.23. The van der Waals surface area contributed by atoms with Crippen molar-refractivity contribution in [3.05, 3.63) is 48.3 Å². The molecule has 0 radical (unpaired) electrons. The second-order valence-corrected chi connectivity index (χ2v) is 7.23. The van der Waals surface area contributed by atoms with Gasteiger partial charge in [-0.2, -0.15) is 4.98 Å². The van der Waals surface area contributed by atoms with Gasteiger partial charge in [0, 0.05) is 30.3 Å². The van der Waals surface area contributed by atoms with E-state index in [-0.39, 0.29) is 17.6 Å². The minimum atomic E-state index is -0.335. The molecule has 162 valence electrons. The van der Waals surface area contributed by atoms with Crippen LogP contribution in [0.25, 0.3) is 11.4 Å². The lowest BCUT2D eigenvalue weighted by Gasteiger charge is -2.29. The topological polar surface area (TPSA) is 89.7 Å². The predicted molar refractivity (Wildman–Crippen MR) is 113 cm³/mol. The summed E-state index contributed by atoms with van der Waals surface area (Å²) < 4.78 is 29.0. The van der Waals surface area contributed by atoms with Gasteiger partial charge in [-0.05, 0) is 55.3 Å². The Balaban J connectivity index is 1.37. The zero-order chi connectivity index (χ0) is 21.8. The third-order valence-electron chi connectivity index (χ3n) is 5.31. The largest absolute Gasteiger partial charge is 0.493 e. The van der Waals surface area contributed by atoms with Crippen molar-refractivity contribution in [1.29, 1.82) is 0 Å². The number of rotatable bonds is 6. The zero-order valence-corrected chi connectivity index (χ0v) is 17.3. The third-order valence-corrected chi connectivity index (χ3v) is 5.31. The first-order valence-corrected chi connectivity index (χ1v) is 9.95. The highest BCUT2D eigenvalue weighted by atomic mass is 19.1. The van der Waals surface area contributed by atoms with Crippen LogP contribution in [-0.2, 0) is 4.79 Å². The van der Waals surface area contributed by atoms with Crippen molar-refractivity contribution in [2.24, 2.45) is 5.92 Å². The van der Waals surface area contributed by atoms with Gasteiger partial charge in [0.2, 0.25) is 11.7 Å². The van der Waals surface area contributed by atoms with E-state index in [0.717, 1.165) is 5.56 Å². The fraction of sp³-hybridized carbons (Fsp3) is 0.318. The van der Waals surface area contributed by atoms with Crippen molar-refractivity contribution in [2.45, 2.75) is 12.8 Å². The maximum Gasteiger partial charge on any atom is 0.324 e. The molecule has 0 bridgehead atoms. The highest BCUT2D eigenvalue weighted by Gasteiger charge is 2.27. The molecule has 0 unspecified atom stereocenters. The van der Waals surface area contributed by atoms with Gasteiger partial charge >= 0.3 is 6.01 Å². The van der Waals surface area contributed by atoms with E-state index in [2.05, 4.69) is 15.5 Å². The first-order chi connectivity index (χ1) is 15.1. The number of nitrogens with one attached hydrogen (secondary N) is 1. The zero-order valence-electron chi connectivity index (χ0n) is 17.3. The van der Waals surface area contributed by atoms with E-state index in [0.29, 0.717) is 55.0 Å².